The van der Waals surface area contributed by atoms with Gasteiger partial charge in [-0.2, -0.15) is 8.78 Å². The average molecular weight is 397 g/mol. The molecule has 0 aromatic heterocycles. The summed E-state index contributed by atoms with van der Waals surface area (Å²) in [4.78, 5) is 23.1. The van der Waals surface area contributed by atoms with Gasteiger partial charge in [0.05, 0.1) is 17.7 Å². The van der Waals surface area contributed by atoms with Gasteiger partial charge in [0.1, 0.15) is 11.8 Å². The summed E-state index contributed by atoms with van der Waals surface area (Å²) in [6, 6.07) is 9.40. The molecule has 0 fully saturated rings. The van der Waals surface area contributed by atoms with Crippen LogP contribution in [0.3, 0.4) is 0 Å². The molecule has 2 N–H and O–H groups in total. The second-order valence-electron chi connectivity index (χ2n) is 5.40. The highest BCUT2D eigenvalue weighted by molar-refractivity contribution is 7.99. The Balaban J connectivity index is 2.05. The van der Waals surface area contributed by atoms with Gasteiger partial charge in [-0.25, -0.2) is 0 Å². The van der Waals surface area contributed by atoms with Crippen molar-refractivity contribution in [1.82, 2.24) is 0 Å². The number of thioether (sulfide) groups is 1. The number of rotatable bonds is 8. The first kappa shape index (κ1) is 20.4. The predicted octanol–water partition coefficient (Wildman–Crippen LogP) is 4.36. The molecule has 0 saturated carbocycles. The molecule has 2 rings (SSSR count). The Morgan fingerprint density at radius 1 is 1.22 bits per heavy atom. The molecule has 1 amide bonds. The van der Waals surface area contributed by atoms with Gasteiger partial charge in [0.15, 0.2) is 0 Å². The fourth-order valence-corrected chi connectivity index (χ4v) is 2.70. The molecule has 0 aliphatic rings. The molecule has 0 heterocycles. The number of methoxy groups -OCH3 is 1. The highest BCUT2D eigenvalue weighted by Crippen LogP contribution is 2.29. The molecule has 1 atom stereocenters. The molecule has 144 valence electrons. The number of ether oxygens (including phenoxy) is 1. The number of alkyl halides is 2. The number of nitro groups is 1. The lowest BCUT2D eigenvalue weighted by Gasteiger charge is -2.17. The van der Waals surface area contributed by atoms with Crippen LogP contribution >= 0.6 is 11.8 Å². The Morgan fingerprint density at radius 2 is 1.89 bits per heavy atom. The van der Waals surface area contributed by atoms with E-state index in [2.05, 4.69) is 10.6 Å². The van der Waals surface area contributed by atoms with Crippen molar-refractivity contribution in [3.05, 3.63) is 52.6 Å². The average Bonchev–Trinajstić information content (AvgIpc) is 2.62. The molecule has 2 aromatic rings. The maximum Gasteiger partial charge on any atom is 0.288 e. The Bertz CT molecular complexity index is 818. The number of carbonyl (C=O) groups is 1. The molecule has 10 heteroatoms. The predicted molar refractivity (Wildman–Crippen MR) is 99.7 cm³/mol. The van der Waals surface area contributed by atoms with Crippen molar-refractivity contribution in [1.29, 1.82) is 0 Å². The number of nitro benzene ring substituents is 1. The number of hydrogen-bond donors (Lipinski definition) is 2. The second-order valence-corrected chi connectivity index (χ2v) is 6.46. The van der Waals surface area contributed by atoms with Gasteiger partial charge in [0.2, 0.25) is 5.91 Å². The summed E-state index contributed by atoms with van der Waals surface area (Å²) >= 11 is 0.433. The van der Waals surface area contributed by atoms with E-state index in [0.717, 1.165) is 0 Å². The van der Waals surface area contributed by atoms with Crippen molar-refractivity contribution in [2.24, 2.45) is 0 Å². The molecule has 0 aliphatic heterocycles. The fraction of sp³-hybridized carbons (Fsp3) is 0.235. The molecule has 0 saturated heterocycles. The summed E-state index contributed by atoms with van der Waals surface area (Å²) in [6.45, 7) is 1.60. The largest absolute Gasteiger partial charge is 0.495 e. The van der Waals surface area contributed by atoms with E-state index in [1.54, 1.807) is 19.1 Å². The first-order chi connectivity index (χ1) is 12.8. The van der Waals surface area contributed by atoms with Crippen LogP contribution in [0.4, 0.5) is 25.8 Å². The molecule has 0 unspecified atom stereocenters. The van der Waals surface area contributed by atoms with Crippen LogP contribution in [-0.4, -0.2) is 29.7 Å². The molecule has 2 aromatic carbocycles. The topological polar surface area (TPSA) is 93.5 Å². The number of hydrogen-bond acceptors (Lipinski definition) is 6. The van der Waals surface area contributed by atoms with E-state index in [4.69, 9.17) is 4.74 Å². The van der Waals surface area contributed by atoms with Crippen LogP contribution < -0.4 is 15.4 Å². The maximum atomic E-state index is 12.4. The Hall–Kier alpha value is -2.88. The van der Waals surface area contributed by atoms with Crippen molar-refractivity contribution in [2.45, 2.75) is 23.6 Å². The van der Waals surface area contributed by atoms with Gasteiger partial charge in [-0.05, 0) is 37.3 Å². The zero-order chi connectivity index (χ0) is 20.0. The summed E-state index contributed by atoms with van der Waals surface area (Å²) in [5.74, 6) is -2.66. The Labute approximate surface area is 158 Å². The number of anilines is 2. The number of carbonyl (C=O) groups excluding carboxylic acids is 1. The SMILES string of the molecule is COc1ccc([N+](=O)[O-])cc1NC(=O)[C@@H](C)Nc1ccc(SC(F)F)cc1. The van der Waals surface area contributed by atoms with E-state index < -0.39 is 22.6 Å². The molecule has 0 bridgehead atoms. The minimum Gasteiger partial charge on any atom is -0.495 e. The van der Waals surface area contributed by atoms with Crippen LogP contribution in [0.5, 0.6) is 5.75 Å². The maximum absolute atomic E-state index is 12.4. The number of amides is 1. The first-order valence-electron chi connectivity index (χ1n) is 7.75. The molecule has 0 radical (unpaired) electrons. The Morgan fingerprint density at radius 3 is 2.44 bits per heavy atom. The van der Waals surface area contributed by atoms with Crippen molar-refractivity contribution in [3.8, 4) is 5.75 Å². The van der Waals surface area contributed by atoms with Crippen molar-refractivity contribution in [3.63, 3.8) is 0 Å². The molecule has 7 nitrogen and oxygen atoms in total. The fourth-order valence-electron chi connectivity index (χ4n) is 2.20. The van der Waals surface area contributed by atoms with Crippen LogP contribution in [0.2, 0.25) is 0 Å². The van der Waals surface area contributed by atoms with E-state index in [0.29, 0.717) is 22.3 Å². The third-order valence-electron chi connectivity index (χ3n) is 3.51. The second kappa shape index (κ2) is 9.17. The van der Waals surface area contributed by atoms with Gasteiger partial charge in [-0.15, -0.1) is 0 Å². The Kier molecular flexibility index (Phi) is 6.94. The van der Waals surface area contributed by atoms with E-state index in [1.807, 2.05) is 0 Å². The van der Waals surface area contributed by atoms with Gasteiger partial charge in [0.25, 0.3) is 11.4 Å². The van der Waals surface area contributed by atoms with Gasteiger partial charge < -0.3 is 15.4 Å². The number of halogens is 2. The lowest BCUT2D eigenvalue weighted by molar-refractivity contribution is -0.384. The summed E-state index contributed by atoms with van der Waals surface area (Å²) in [5.41, 5.74) is 0.565. The molecule has 0 spiro atoms. The molecular formula is C17H17F2N3O4S. The zero-order valence-electron chi connectivity index (χ0n) is 14.4. The standard InChI is InChI=1S/C17H17F2N3O4S/c1-10(20-11-3-6-13(7-4-11)27-17(18)19)16(23)21-14-9-12(22(24)25)5-8-15(14)26-2/h3-10,17,20H,1-2H3,(H,21,23)/t10-/m1/s1. The number of non-ortho nitro benzene ring substituents is 1. The van der Waals surface area contributed by atoms with E-state index in [1.165, 1.54) is 37.4 Å². The molecular weight excluding hydrogens is 380 g/mol. The third-order valence-corrected chi connectivity index (χ3v) is 4.23. The highest BCUT2D eigenvalue weighted by atomic mass is 32.2. The van der Waals surface area contributed by atoms with Crippen molar-refractivity contribution >= 4 is 34.7 Å². The lowest BCUT2D eigenvalue weighted by atomic mass is 10.2. The van der Waals surface area contributed by atoms with E-state index in [9.17, 15) is 23.7 Å². The van der Waals surface area contributed by atoms with Crippen LogP contribution in [0.15, 0.2) is 47.4 Å². The smallest absolute Gasteiger partial charge is 0.288 e. The first-order valence-corrected chi connectivity index (χ1v) is 8.63. The van der Waals surface area contributed by atoms with Crippen LogP contribution in [0.1, 0.15) is 6.92 Å². The van der Waals surface area contributed by atoms with Gasteiger partial charge in [-0.1, -0.05) is 11.8 Å². The number of nitrogens with one attached hydrogen (secondary N) is 2. The van der Waals surface area contributed by atoms with Crippen LogP contribution in [0.25, 0.3) is 0 Å². The van der Waals surface area contributed by atoms with Gasteiger partial charge in [0, 0.05) is 22.7 Å². The minimum absolute atomic E-state index is 0.175. The summed E-state index contributed by atoms with van der Waals surface area (Å²) in [7, 11) is 1.39. The lowest BCUT2D eigenvalue weighted by Crippen LogP contribution is -2.32. The summed E-state index contributed by atoms with van der Waals surface area (Å²) in [6.07, 6.45) is 0. The minimum atomic E-state index is -2.50. The zero-order valence-corrected chi connectivity index (χ0v) is 15.3. The summed E-state index contributed by atoms with van der Waals surface area (Å²) < 4.78 is 29.8. The van der Waals surface area contributed by atoms with E-state index >= 15 is 0 Å². The summed E-state index contributed by atoms with van der Waals surface area (Å²) in [5, 5.41) is 16.4. The van der Waals surface area contributed by atoms with Crippen LogP contribution in [-0.2, 0) is 4.79 Å². The third kappa shape index (κ3) is 5.81. The number of benzene rings is 2. The van der Waals surface area contributed by atoms with Gasteiger partial charge >= 0.3 is 0 Å². The van der Waals surface area contributed by atoms with Gasteiger partial charge in [-0.3, -0.25) is 14.9 Å². The quantitative estimate of drug-likeness (QED) is 0.391. The highest BCUT2D eigenvalue weighted by Gasteiger charge is 2.18. The monoisotopic (exact) mass is 397 g/mol. The van der Waals surface area contributed by atoms with Crippen molar-refractivity contribution < 1.29 is 23.2 Å². The number of nitrogens with zero attached hydrogens (tertiary/aromatic N) is 1. The molecule has 0 aliphatic carbocycles. The van der Waals surface area contributed by atoms with E-state index in [-0.39, 0.29) is 17.1 Å². The van der Waals surface area contributed by atoms with Crippen molar-refractivity contribution in [2.75, 3.05) is 17.7 Å². The molecule has 27 heavy (non-hydrogen) atoms. The normalized spacial score (nSPS) is 11.7. The van der Waals surface area contributed by atoms with Crippen LogP contribution in [0, 0.1) is 10.1 Å².